The van der Waals surface area contributed by atoms with Crippen molar-refractivity contribution >= 4 is 17.3 Å². The predicted molar refractivity (Wildman–Crippen MR) is 79.4 cm³/mol. The molecular weight excluding hydrogens is 274 g/mol. The molecule has 2 aromatic carbocycles. The van der Waals surface area contributed by atoms with Gasteiger partial charge in [0, 0.05) is 5.69 Å². The Morgan fingerprint density at radius 2 is 1.76 bits per heavy atom. The summed E-state index contributed by atoms with van der Waals surface area (Å²) < 4.78 is 26.8. The molecule has 5 heteroatoms. The summed E-state index contributed by atoms with van der Waals surface area (Å²) in [5, 5.41) is 5.19. The van der Waals surface area contributed by atoms with Crippen LogP contribution >= 0.6 is 0 Å². The maximum atomic E-state index is 13.4. The minimum absolute atomic E-state index is 0.217. The number of benzene rings is 2. The molecule has 0 bridgehead atoms. The molecule has 0 saturated heterocycles. The van der Waals surface area contributed by atoms with Crippen LogP contribution in [0.4, 0.5) is 20.2 Å². The number of hydrogen-bond acceptors (Lipinski definition) is 2. The molecule has 21 heavy (non-hydrogen) atoms. The van der Waals surface area contributed by atoms with Crippen LogP contribution in [0.1, 0.15) is 11.1 Å². The first-order valence-corrected chi connectivity index (χ1v) is 6.52. The lowest BCUT2D eigenvalue weighted by Crippen LogP contribution is -2.23. The highest BCUT2D eigenvalue weighted by Crippen LogP contribution is 2.18. The molecule has 1 amide bonds. The summed E-state index contributed by atoms with van der Waals surface area (Å²) in [6.07, 6.45) is 0. The molecule has 0 aliphatic rings. The Morgan fingerprint density at radius 1 is 1.10 bits per heavy atom. The largest absolute Gasteiger partial charge is 0.371 e. The molecule has 0 unspecified atom stereocenters. The van der Waals surface area contributed by atoms with E-state index in [1.54, 1.807) is 0 Å². The van der Waals surface area contributed by atoms with Gasteiger partial charge in [-0.3, -0.25) is 4.79 Å². The van der Waals surface area contributed by atoms with Crippen LogP contribution in [0.25, 0.3) is 0 Å². The summed E-state index contributed by atoms with van der Waals surface area (Å²) >= 11 is 0. The Kier molecular flexibility index (Phi) is 4.52. The van der Waals surface area contributed by atoms with Gasteiger partial charge < -0.3 is 10.6 Å². The Bertz CT molecular complexity index is 651. The van der Waals surface area contributed by atoms with E-state index in [0.717, 1.165) is 23.3 Å². The van der Waals surface area contributed by atoms with E-state index in [2.05, 4.69) is 10.6 Å². The number of carbonyl (C=O) groups is 1. The summed E-state index contributed by atoms with van der Waals surface area (Å²) in [5.41, 5.74) is 2.33. The van der Waals surface area contributed by atoms with Crippen LogP contribution in [0.5, 0.6) is 0 Å². The van der Waals surface area contributed by atoms with Crippen molar-refractivity contribution in [2.24, 2.45) is 0 Å². The van der Waals surface area contributed by atoms with Crippen LogP contribution in [-0.2, 0) is 4.79 Å². The van der Waals surface area contributed by atoms with Crippen LogP contribution in [0.2, 0.25) is 0 Å². The minimum atomic E-state index is -0.727. The van der Waals surface area contributed by atoms with E-state index < -0.39 is 11.6 Å². The molecule has 0 aliphatic heterocycles. The summed E-state index contributed by atoms with van der Waals surface area (Å²) in [4.78, 5) is 11.9. The van der Waals surface area contributed by atoms with Crippen molar-refractivity contribution < 1.29 is 13.6 Å². The predicted octanol–water partition coefficient (Wildman–Crippen LogP) is 3.63. The fourth-order valence-corrected chi connectivity index (χ4v) is 1.90. The first-order chi connectivity index (χ1) is 9.97. The van der Waals surface area contributed by atoms with Crippen molar-refractivity contribution in [3.05, 3.63) is 59.2 Å². The van der Waals surface area contributed by atoms with E-state index in [-0.39, 0.29) is 18.1 Å². The molecular formula is C16H16F2N2O. The van der Waals surface area contributed by atoms with Crippen LogP contribution in [0, 0.1) is 25.5 Å². The highest BCUT2D eigenvalue weighted by molar-refractivity contribution is 5.94. The number of hydrogen-bond donors (Lipinski definition) is 2. The number of nitrogens with one attached hydrogen (secondary N) is 2. The van der Waals surface area contributed by atoms with Crippen molar-refractivity contribution in [3.63, 3.8) is 0 Å². The molecule has 0 spiro atoms. The molecule has 0 heterocycles. The Morgan fingerprint density at radius 3 is 2.43 bits per heavy atom. The molecule has 0 atom stereocenters. The highest BCUT2D eigenvalue weighted by atomic mass is 19.1. The molecule has 3 nitrogen and oxygen atoms in total. The van der Waals surface area contributed by atoms with E-state index in [0.29, 0.717) is 5.69 Å². The van der Waals surface area contributed by atoms with Gasteiger partial charge in [0.05, 0.1) is 6.54 Å². The van der Waals surface area contributed by atoms with E-state index in [1.165, 1.54) is 6.07 Å². The fraction of sp³-hybridized carbons (Fsp3) is 0.188. The van der Waals surface area contributed by atoms with Crippen molar-refractivity contribution in [1.29, 1.82) is 0 Å². The quantitative estimate of drug-likeness (QED) is 0.902. The Balaban J connectivity index is 2.01. The highest BCUT2D eigenvalue weighted by Gasteiger charge is 2.10. The average Bonchev–Trinajstić information content (AvgIpc) is 2.42. The van der Waals surface area contributed by atoms with E-state index >= 15 is 0 Å². The normalized spacial score (nSPS) is 10.3. The van der Waals surface area contributed by atoms with Gasteiger partial charge in [0.15, 0.2) is 0 Å². The lowest BCUT2D eigenvalue weighted by Gasteiger charge is -2.11. The standard InChI is InChI=1S/C16H16F2N2O/c1-10-6-7-11(2)14(8-10)20-15(21)9-19-16-12(17)4-3-5-13(16)18/h3-8,19H,9H2,1-2H3,(H,20,21). The molecule has 0 fully saturated rings. The smallest absolute Gasteiger partial charge is 0.243 e. The number of halogens is 2. The maximum Gasteiger partial charge on any atom is 0.243 e. The average molecular weight is 290 g/mol. The van der Waals surface area contributed by atoms with Crippen molar-refractivity contribution in [2.45, 2.75) is 13.8 Å². The van der Waals surface area contributed by atoms with Gasteiger partial charge in [-0.05, 0) is 43.2 Å². The van der Waals surface area contributed by atoms with Gasteiger partial charge in [0.1, 0.15) is 17.3 Å². The molecule has 110 valence electrons. The number of amides is 1. The van der Waals surface area contributed by atoms with Gasteiger partial charge >= 0.3 is 0 Å². The van der Waals surface area contributed by atoms with E-state index in [1.807, 2.05) is 32.0 Å². The zero-order chi connectivity index (χ0) is 15.4. The number of anilines is 2. The molecule has 0 aromatic heterocycles. The third-order valence-electron chi connectivity index (χ3n) is 3.06. The van der Waals surface area contributed by atoms with Gasteiger partial charge in [-0.15, -0.1) is 0 Å². The van der Waals surface area contributed by atoms with Crippen molar-refractivity contribution in [3.8, 4) is 0 Å². The zero-order valence-electron chi connectivity index (χ0n) is 11.8. The van der Waals surface area contributed by atoms with Gasteiger partial charge in [0.25, 0.3) is 0 Å². The Labute approximate surface area is 122 Å². The molecule has 2 aromatic rings. The second-order valence-corrected chi connectivity index (χ2v) is 4.82. The van der Waals surface area contributed by atoms with Crippen molar-refractivity contribution in [2.75, 3.05) is 17.2 Å². The molecule has 0 aliphatic carbocycles. The lowest BCUT2D eigenvalue weighted by molar-refractivity contribution is -0.114. The first kappa shape index (κ1) is 15.0. The number of para-hydroxylation sites is 1. The van der Waals surface area contributed by atoms with Gasteiger partial charge in [-0.2, -0.15) is 0 Å². The van der Waals surface area contributed by atoms with Crippen LogP contribution in [0.15, 0.2) is 36.4 Å². The van der Waals surface area contributed by atoms with E-state index in [9.17, 15) is 13.6 Å². The second-order valence-electron chi connectivity index (χ2n) is 4.82. The molecule has 2 N–H and O–H groups in total. The topological polar surface area (TPSA) is 41.1 Å². The number of aryl methyl sites for hydroxylation is 2. The van der Waals surface area contributed by atoms with Gasteiger partial charge in [0.2, 0.25) is 5.91 Å². The lowest BCUT2D eigenvalue weighted by atomic mass is 10.1. The molecule has 2 rings (SSSR count). The SMILES string of the molecule is Cc1ccc(C)c(NC(=O)CNc2c(F)cccc2F)c1. The fourth-order valence-electron chi connectivity index (χ4n) is 1.90. The third kappa shape index (κ3) is 3.78. The Hall–Kier alpha value is -2.43. The van der Waals surface area contributed by atoms with Gasteiger partial charge in [-0.25, -0.2) is 8.78 Å². The van der Waals surface area contributed by atoms with Gasteiger partial charge in [-0.1, -0.05) is 18.2 Å². The minimum Gasteiger partial charge on any atom is -0.371 e. The number of rotatable bonds is 4. The summed E-state index contributed by atoms with van der Waals surface area (Å²) in [7, 11) is 0. The molecule has 0 radical (unpaired) electrons. The summed E-state index contributed by atoms with van der Waals surface area (Å²) in [6, 6.07) is 9.22. The molecule has 0 saturated carbocycles. The van der Waals surface area contributed by atoms with Crippen LogP contribution in [0.3, 0.4) is 0 Å². The van der Waals surface area contributed by atoms with E-state index in [4.69, 9.17) is 0 Å². The first-order valence-electron chi connectivity index (χ1n) is 6.52. The van der Waals surface area contributed by atoms with Crippen LogP contribution in [-0.4, -0.2) is 12.5 Å². The van der Waals surface area contributed by atoms with Crippen LogP contribution < -0.4 is 10.6 Å². The summed E-state index contributed by atoms with van der Waals surface area (Å²) in [5.74, 6) is -1.82. The second kappa shape index (κ2) is 6.35. The number of carbonyl (C=O) groups excluding carboxylic acids is 1. The maximum absolute atomic E-state index is 13.4. The zero-order valence-corrected chi connectivity index (χ0v) is 11.8. The van der Waals surface area contributed by atoms with Crippen molar-refractivity contribution in [1.82, 2.24) is 0 Å². The monoisotopic (exact) mass is 290 g/mol. The summed E-state index contributed by atoms with van der Waals surface area (Å²) in [6.45, 7) is 3.58. The third-order valence-corrected chi connectivity index (χ3v) is 3.06.